The Hall–Kier alpha value is -3.47. The second-order valence-corrected chi connectivity index (χ2v) is 11.1. The van der Waals surface area contributed by atoms with E-state index in [2.05, 4.69) is 31.9 Å². The summed E-state index contributed by atoms with van der Waals surface area (Å²) >= 11 is 7.95. The maximum atomic E-state index is 13.1. The predicted octanol–water partition coefficient (Wildman–Crippen LogP) is 8.09. The SMILES string of the molecule is O=C1S/C(=C\c2cc(Br)c(OCc3ccc([N+](=O)[O-])cc3)c(Br)c2)C(=O)N1Cc1cccc2ccccc12. The largest absolute Gasteiger partial charge is 0.487 e. The molecule has 7 nitrogen and oxygen atoms in total. The molecule has 0 saturated carbocycles. The lowest BCUT2D eigenvalue weighted by Gasteiger charge is -2.14. The molecule has 0 radical (unpaired) electrons. The number of halogens is 2. The first-order chi connectivity index (χ1) is 18.3. The fourth-order valence-electron chi connectivity index (χ4n) is 4.06. The lowest BCUT2D eigenvalue weighted by molar-refractivity contribution is -0.384. The predicted molar refractivity (Wildman–Crippen MR) is 155 cm³/mol. The molecule has 2 amide bonds. The van der Waals surface area contributed by atoms with Crippen LogP contribution in [0.1, 0.15) is 16.7 Å². The van der Waals surface area contributed by atoms with Crippen LogP contribution in [0.4, 0.5) is 10.5 Å². The Morgan fingerprint density at radius 1 is 0.947 bits per heavy atom. The van der Waals surface area contributed by atoms with Gasteiger partial charge in [0.1, 0.15) is 12.4 Å². The number of imide groups is 1. The number of hydrogen-bond donors (Lipinski definition) is 0. The molecule has 1 aliphatic heterocycles. The third-order valence-corrected chi connectivity index (χ3v) is 8.02. The number of hydrogen-bond acceptors (Lipinski definition) is 6. The van der Waals surface area contributed by atoms with Gasteiger partial charge in [-0.1, -0.05) is 42.5 Å². The van der Waals surface area contributed by atoms with Gasteiger partial charge in [-0.2, -0.15) is 0 Å². The number of carbonyl (C=O) groups is 2. The van der Waals surface area contributed by atoms with E-state index in [4.69, 9.17) is 4.74 Å². The lowest BCUT2D eigenvalue weighted by atomic mass is 10.0. The molecule has 0 atom stereocenters. The van der Waals surface area contributed by atoms with Gasteiger partial charge in [0.15, 0.2) is 0 Å². The molecule has 10 heteroatoms. The third kappa shape index (κ3) is 5.52. The third-order valence-electron chi connectivity index (χ3n) is 5.93. The second kappa shape index (κ2) is 11.1. The van der Waals surface area contributed by atoms with E-state index in [-0.39, 0.29) is 30.0 Å². The molecule has 190 valence electrons. The summed E-state index contributed by atoms with van der Waals surface area (Å²) in [6.45, 7) is 0.410. The van der Waals surface area contributed by atoms with E-state index in [1.165, 1.54) is 17.0 Å². The van der Waals surface area contributed by atoms with Crippen LogP contribution in [0.2, 0.25) is 0 Å². The van der Waals surface area contributed by atoms with Crippen LogP contribution in [-0.2, 0) is 17.9 Å². The van der Waals surface area contributed by atoms with Gasteiger partial charge >= 0.3 is 0 Å². The number of nitro groups is 1. The van der Waals surface area contributed by atoms with Crippen LogP contribution in [0, 0.1) is 10.1 Å². The summed E-state index contributed by atoms with van der Waals surface area (Å²) in [4.78, 5) is 37.9. The van der Waals surface area contributed by atoms with E-state index in [1.54, 1.807) is 30.3 Å². The van der Waals surface area contributed by atoms with Gasteiger partial charge in [0.05, 0.1) is 25.3 Å². The molecule has 0 aromatic heterocycles. The number of thioether (sulfide) groups is 1. The topological polar surface area (TPSA) is 89.7 Å². The summed E-state index contributed by atoms with van der Waals surface area (Å²) < 4.78 is 7.21. The average Bonchev–Trinajstić information content (AvgIpc) is 3.16. The molecule has 38 heavy (non-hydrogen) atoms. The molecule has 4 aromatic rings. The van der Waals surface area contributed by atoms with E-state index in [0.717, 1.165) is 33.7 Å². The first-order valence-electron chi connectivity index (χ1n) is 11.4. The van der Waals surface area contributed by atoms with Crippen LogP contribution in [0.15, 0.2) is 92.7 Å². The standard InChI is InChI=1S/C28H18Br2N2O5S/c29-23-12-18(13-24(30)26(23)37-16-17-8-10-21(11-9-17)32(35)36)14-25-27(33)31(28(34)38-25)15-20-6-3-5-19-4-1-2-7-22(19)20/h1-14H,15-16H2/b25-14-. The summed E-state index contributed by atoms with van der Waals surface area (Å²) in [5.74, 6) is 0.211. The molecule has 0 spiro atoms. The minimum atomic E-state index is -0.450. The van der Waals surface area contributed by atoms with E-state index >= 15 is 0 Å². The van der Waals surface area contributed by atoms with Gasteiger partial charge in [-0.15, -0.1) is 0 Å². The molecule has 0 aliphatic carbocycles. The van der Waals surface area contributed by atoms with E-state index in [0.29, 0.717) is 25.2 Å². The first kappa shape index (κ1) is 26.1. The van der Waals surface area contributed by atoms with Crippen LogP contribution in [-0.4, -0.2) is 21.0 Å². The molecule has 0 bridgehead atoms. The minimum absolute atomic E-state index is 0.0157. The number of amides is 2. The van der Waals surface area contributed by atoms with E-state index < -0.39 is 4.92 Å². The van der Waals surface area contributed by atoms with Crippen molar-refractivity contribution >= 4 is 77.3 Å². The molecule has 1 saturated heterocycles. The summed E-state index contributed by atoms with van der Waals surface area (Å²) in [5.41, 5.74) is 2.41. The minimum Gasteiger partial charge on any atom is -0.487 e. The molecular weight excluding hydrogens is 636 g/mol. The number of fused-ring (bicyclic) bond motifs is 1. The summed E-state index contributed by atoms with van der Waals surface area (Å²) in [7, 11) is 0. The van der Waals surface area contributed by atoms with Crippen molar-refractivity contribution in [3.8, 4) is 5.75 Å². The number of nitro benzene ring substituents is 1. The molecule has 0 N–H and O–H groups in total. The fraction of sp³-hybridized carbons (Fsp3) is 0.0714. The Labute approximate surface area is 238 Å². The van der Waals surface area contributed by atoms with Crippen molar-refractivity contribution in [1.82, 2.24) is 4.90 Å². The number of nitrogens with zero attached hydrogens (tertiary/aromatic N) is 2. The number of carbonyl (C=O) groups excluding carboxylic acids is 2. The van der Waals surface area contributed by atoms with Crippen molar-refractivity contribution in [3.63, 3.8) is 0 Å². The van der Waals surface area contributed by atoms with Crippen LogP contribution >= 0.6 is 43.6 Å². The molecule has 5 rings (SSSR count). The van der Waals surface area contributed by atoms with Crippen LogP contribution in [0.5, 0.6) is 5.75 Å². The summed E-state index contributed by atoms with van der Waals surface area (Å²) in [6.07, 6.45) is 1.68. The zero-order valence-electron chi connectivity index (χ0n) is 19.6. The van der Waals surface area contributed by atoms with Crippen LogP contribution < -0.4 is 4.74 Å². The van der Waals surface area contributed by atoms with Crippen molar-refractivity contribution < 1.29 is 19.2 Å². The highest BCUT2D eigenvalue weighted by Crippen LogP contribution is 2.38. The smallest absolute Gasteiger partial charge is 0.293 e. The molecule has 1 aliphatic rings. The van der Waals surface area contributed by atoms with E-state index in [9.17, 15) is 19.7 Å². The Balaban J connectivity index is 1.31. The van der Waals surface area contributed by atoms with Crippen LogP contribution in [0.25, 0.3) is 16.8 Å². The molecular formula is C28H18Br2N2O5S. The molecule has 1 heterocycles. The van der Waals surface area contributed by atoms with Crippen molar-refractivity contribution in [1.29, 1.82) is 0 Å². The molecule has 0 unspecified atom stereocenters. The van der Waals surface area contributed by atoms with Crippen molar-refractivity contribution in [2.45, 2.75) is 13.2 Å². The quantitative estimate of drug-likeness (QED) is 0.114. The molecule has 1 fully saturated rings. The molecule has 4 aromatic carbocycles. The Bertz CT molecular complexity index is 1590. The fourth-order valence-corrected chi connectivity index (χ4v) is 6.35. The van der Waals surface area contributed by atoms with Gasteiger partial charge in [-0.05, 0) is 101 Å². The Morgan fingerprint density at radius 3 is 2.34 bits per heavy atom. The second-order valence-electron chi connectivity index (χ2n) is 8.43. The van der Waals surface area contributed by atoms with Crippen molar-refractivity contribution in [2.75, 3.05) is 0 Å². The number of rotatable bonds is 7. The normalized spacial score (nSPS) is 14.5. The first-order valence-corrected chi connectivity index (χ1v) is 13.8. The van der Waals surface area contributed by atoms with Crippen molar-refractivity contribution in [2.24, 2.45) is 0 Å². The zero-order valence-corrected chi connectivity index (χ0v) is 23.6. The highest BCUT2D eigenvalue weighted by atomic mass is 79.9. The summed E-state index contributed by atoms with van der Waals surface area (Å²) in [5, 5.41) is 12.6. The Kier molecular flexibility index (Phi) is 7.64. The highest BCUT2D eigenvalue weighted by molar-refractivity contribution is 9.11. The monoisotopic (exact) mass is 652 g/mol. The van der Waals surface area contributed by atoms with Gasteiger partial charge in [0, 0.05) is 12.1 Å². The highest BCUT2D eigenvalue weighted by Gasteiger charge is 2.35. The summed E-state index contributed by atoms with van der Waals surface area (Å²) in [6, 6.07) is 23.5. The van der Waals surface area contributed by atoms with Gasteiger partial charge < -0.3 is 4.74 Å². The van der Waals surface area contributed by atoms with Gasteiger partial charge in [0.25, 0.3) is 16.8 Å². The van der Waals surface area contributed by atoms with Gasteiger partial charge in [-0.25, -0.2) is 0 Å². The number of ether oxygens (including phenoxy) is 1. The average molecular weight is 654 g/mol. The maximum Gasteiger partial charge on any atom is 0.293 e. The van der Waals surface area contributed by atoms with Gasteiger partial charge in [0.2, 0.25) is 0 Å². The van der Waals surface area contributed by atoms with E-state index in [1.807, 2.05) is 42.5 Å². The lowest BCUT2D eigenvalue weighted by Crippen LogP contribution is -2.27. The number of non-ortho nitro benzene ring substituents is 1. The zero-order chi connectivity index (χ0) is 26.8. The maximum absolute atomic E-state index is 13.1. The van der Waals surface area contributed by atoms with Gasteiger partial charge in [-0.3, -0.25) is 24.6 Å². The number of benzene rings is 4. The van der Waals surface area contributed by atoms with Crippen LogP contribution in [0.3, 0.4) is 0 Å². The van der Waals surface area contributed by atoms with Crippen molar-refractivity contribution in [3.05, 3.63) is 120 Å². The Morgan fingerprint density at radius 2 is 1.63 bits per heavy atom.